The van der Waals surface area contributed by atoms with Gasteiger partial charge in [-0.15, -0.1) is 11.8 Å². The van der Waals surface area contributed by atoms with Crippen LogP contribution < -0.4 is 10.1 Å². The fourth-order valence-corrected chi connectivity index (χ4v) is 5.88. The molecular weight excluding hydrogens is 326 g/mol. The van der Waals surface area contributed by atoms with Crippen LogP contribution in [0.5, 0.6) is 5.75 Å². The summed E-state index contributed by atoms with van der Waals surface area (Å²) in [5.41, 5.74) is 5.62. The van der Waals surface area contributed by atoms with Crippen LogP contribution >= 0.6 is 11.8 Å². The molecule has 0 fully saturated rings. The van der Waals surface area contributed by atoms with Gasteiger partial charge in [-0.05, 0) is 40.7 Å². The van der Waals surface area contributed by atoms with E-state index in [-0.39, 0.29) is 5.41 Å². The first-order valence-electron chi connectivity index (χ1n) is 9.14. The van der Waals surface area contributed by atoms with E-state index in [4.69, 9.17) is 4.74 Å². The van der Waals surface area contributed by atoms with Crippen LogP contribution in [-0.4, -0.2) is 12.9 Å². The van der Waals surface area contributed by atoms with Gasteiger partial charge in [-0.3, -0.25) is 0 Å². The molecule has 2 aromatic rings. The third-order valence-corrected chi connectivity index (χ3v) is 7.21. The molecule has 2 aliphatic heterocycles. The Labute approximate surface area is 155 Å². The highest BCUT2D eigenvalue weighted by atomic mass is 32.2. The van der Waals surface area contributed by atoms with E-state index in [0.29, 0.717) is 17.9 Å². The van der Waals surface area contributed by atoms with E-state index >= 15 is 0 Å². The number of methoxy groups -OCH3 is 1. The number of fused-ring (bicyclic) bond motifs is 4. The third-order valence-electron chi connectivity index (χ3n) is 6.02. The van der Waals surface area contributed by atoms with Crippen LogP contribution in [0.4, 0.5) is 5.69 Å². The van der Waals surface area contributed by atoms with Gasteiger partial charge in [-0.25, -0.2) is 0 Å². The van der Waals surface area contributed by atoms with Crippen LogP contribution in [0.1, 0.15) is 56.3 Å². The summed E-state index contributed by atoms with van der Waals surface area (Å²) in [5.74, 6) is 3.23. The summed E-state index contributed by atoms with van der Waals surface area (Å²) in [4.78, 5) is 1.35. The molecule has 0 saturated carbocycles. The van der Waals surface area contributed by atoms with Crippen LogP contribution in [0.2, 0.25) is 0 Å². The number of hydrogen-bond acceptors (Lipinski definition) is 3. The predicted molar refractivity (Wildman–Crippen MR) is 107 cm³/mol. The van der Waals surface area contributed by atoms with Gasteiger partial charge in [0, 0.05) is 27.8 Å². The van der Waals surface area contributed by atoms with Crippen LogP contribution in [0.3, 0.4) is 0 Å². The molecule has 0 unspecified atom stereocenters. The molecule has 132 valence electrons. The Balaban J connectivity index is 1.86. The SMILES string of the molecule is COc1cccc2c1[C@H]1Nc3ccc(C(C)C)cc3C(C)(C)[C@H]1CS2. The molecule has 25 heavy (non-hydrogen) atoms. The molecule has 0 aliphatic carbocycles. The molecule has 2 heterocycles. The second kappa shape index (κ2) is 5.98. The Kier molecular flexibility index (Phi) is 4.03. The molecule has 0 spiro atoms. The van der Waals surface area contributed by atoms with Crippen LogP contribution in [-0.2, 0) is 5.41 Å². The highest BCUT2D eigenvalue weighted by Crippen LogP contribution is 2.56. The Morgan fingerprint density at radius 3 is 2.72 bits per heavy atom. The molecule has 0 aromatic heterocycles. The van der Waals surface area contributed by atoms with Crippen molar-refractivity contribution in [2.24, 2.45) is 5.92 Å². The Bertz CT molecular complexity index is 797. The van der Waals surface area contributed by atoms with Crippen molar-refractivity contribution in [2.45, 2.75) is 50.0 Å². The molecule has 2 aliphatic rings. The van der Waals surface area contributed by atoms with E-state index in [9.17, 15) is 0 Å². The van der Waals surface area contributed by atoms with Gasteiger partial charge in [-0.1, -0.05) is 45.9 Å². The number of benzene rings is 2. The van der Waals surface area contributed by atoms with Crippen molar-refractivity contribution < 1.29 is 4.74 Å². The maximum Gasteiger partial charge on any atom is 0.125 e. The fourth-order valence-electron chi connectivity index (χ4n) is 4.36. The first kappa shape index (κ1) is 16.8. The van der Waals surface area contributed by atoms with Gasteiger partial charge >= 0.3 is 0 Å². The van der Waals surface area contributed by atoms with Crippen molar-refractivity contribution in [3.63, 3.8) is 0 Å². The van der Waals surface area contributed by atoms with Gasteiger partial charge in [0.2, 0.25) is 0 Å². The molecule has 2 aromatic carbocycles. The quantitative estimate of drug-likeness (QED) is 0.717. The molecule has 3 heteroatoms. The van der Waals surface area contributed by atoms with Crippen LogP contribution in [0, 0.1) is 5.92 Å². The third kappa shape index (κ3) is 2.55. The highest BCUT2D eigenvalue weighted by molar-refractivity contribution is 7.99. The van der Waals surface area contributed by atoms with Gasteiger partial charge < -0.3 is 10.1 Å². The summed E-state index contributed by atoms with van der Waals surface area (Å²) in [5, 5.41) is 3.86. The smallest absolute Gasteiger partial charge is 0.125 e. The van der Waals surface area contributed by atoms with Gasteiger partial charge in [0.15, 0.2) is 0 Å². The minimum atomic E-state index is 0.127. The van der Waals surface area contributed by atoms with Crippen molar-refractivity contribution in [3.05, 3.63) is 53.1 Å². The Morgan fingerprint density at radius 1 is 1.20 bits per heavy atom. The maximum atomic E-state index is 5.71. The molecule has 2 atom stereocenters. The number of rotatable bonds is 2. The highest BCUT2D eigenvalue weighted by Gasteiger charge is 2.46. The first-order chi connectivity index (χ1) is 11.9. The zero-order valence-electron chi connectivity index (χ0n) is 15.7. The van der Waals surface area contributed by atoms with Crippen molar-refractivity contribution >= 4 is 17.4 Å². The number of hydrogen-bond donors (Lipinski definition) is 1. The van der Waals surface area contributed by atoms with E-state index in [1.54, 1.807) is 7.11 Å². The van der Waals surface area contributed by atoms with Crippen LogP contribution in [0.15, 0.2) is 41.3 Å². The van der Waals surface area contributed by atoms with Crippen molar-refractivity contribution in [2.75, 3.05) is 18.2 Å². The lowest BCUT2D eigenvalue weighted by atomic mass is 9.66. The minimum absolute atomic E-state index is 0.127. The van der Waals surface area contributed by atoms with Crippen molar-refractivity contribution in [1.82, 2.24) is 0 Å². The topological polar surface area (TPSA) is 21.3 Å². The summed E-state index contributed by atoms with van der Waals surface area (Å²) >= 11 is 1.97. The molecule has 0 radical (unpaired) electrons. The Hall–Kier alpha value is -1.61. The van der Waals surface area contributed by atoms with E-state index in [1.165, 1.54) is 27.3 Å². The van der Waals surface area contributed by atoms with E-state index in [0.717, 1.165) is 11.5 Å². The summed E-state index contributed by atoms with van der Waals surface area (Å²) in [6.07, 6.45) is 0. The molecular formula is C22H27NOS. The first-order valence-corrected chi connectivity index (χ1v) is 10.1. The minimum Gasteiger partial charge on any atom is -0.496 e. The molecule has 0 amide bonds. The molecule has 1 N–H and O–H groups in total. The Morgan fingerprint density at radius 2 is 2.00 bits per heavy atom. The standard InChI is InChI=1S/C22H27NOS/c1-13(2)14-9-10-17-15(11-14)22(3,4)16-12-25-19-8-6-7-18(24-5)20(19)21(16)23-17/h6-11,13,16,21,23H,12H2,1-5H3/t16-,21-/m0/s1. The van der Waals surface area contributed by atoms with E-state index < -0.39 is 0 Å². The van der Waals surface area contributed by atoms with E-state index in [1.807, 2.05) is 11.8 Å². The fraction of sp³-hybridized carbons (Fsp3) is 0.455. The second-order valence-electron chi connectivity index (χ2n) is 8.09. The normalized spacial score (nSPS) is 23.3. The summed E-state index contributed by atoms with van der Waals surface area (Å²) in [6.45, 7) is 9.36. The molecule has 0 bridgehead atoms. The summed E-state index contributed by atoms with van der Waals surface area (Å²) in [7, 11) is 1.78. The number of nitrogens with one attached hydrogen (secondary N) is 1. The average molecular weight is 354 g/mol. The van der Waals surface area contributed by atoms with Crippen molar-refractivity contribution in [1.29, 1.82) is 0 Å². The average Bonchev–Trinajstić information content (AvgIpc) is 2.60. The lowest BCUT2D eigenvalue weighted by Crippen LogP contribution is -2.44. The van der Waals surface area contributed by atoms with Gasteiger partial charge in [0.25, 0.3) is 0 Å². The largest absolute Gasteiger partial charge is 0.496 e. The van der Waals surface area contributed by atoms with E-state index in [2.05, 4.69) is 69.4 Å². The lowest BCUT2D eigenvalue weighted by molar-refractivity contribution is 0.286. The zero-order valence-corrected chi connectivity index (χ0v) is 16.5. The summed E-state index contributed by atoms with van der Waals surface area (Å²) in [6, 6.07) is 13.7. The lowest BCUT2D eigenvalue weighted by Gasteiger charge is -2.49. The van der Waals surface area contributed by atoms with Crippen LogP contribution in [0.25, 0.3) is 0 Å². The molecule has 4 rings (SSSR count). The monoisotopic (exact) mass is 353 g/mol. The second-order valence-corrected chi connectivity index (χ2v) is 9.15. The van der Waals surface area contributed by atoms with Gasteiger partial charge in [-0.2, -0.15) is 0 Å². The maximum absolute atomic E-state index is 5.71. The van der Waals surface area contributed by atoms with Gasteiger partial charge in [0.05, 0.1) is 13.2 Å². The number of anilines is 1. The van der Waals surface area contributed by atoms with Gasteiger partial charge in [0.1, 0.15) is 5.75 Å². The predicted octanol–water partition coefficient (Wildman–Crippen LogP) is 5.98. The van der Waals surface area contributed by atoms with Crippen molar-refractivity contribution in [3.8, 4) is 5.75 Å². The summed E-state index contributed by atoms with van der Waals surface area (Å²) < 4.78 is 5.71. The number of ether oxygens (including phenoxy) is 1. The molecule has 0 saturated heterocycles. The zero-order chi connectivity index (χ0) is 17.8. The molecule has 2 nitrogen and oxygen atoms in total. The number of thioether (sulfide) groups is 1.